The summed E-state index contributed by atoms with van der Waals surface area (Å²) in [7, 11) is 1.56. The topological polar surface area (TPSA) is 102 Å². The van der Waals surface area contributed by atoms with Crippen molar-refractivity contribution in [1.82, 2.24) is 20.0 Å². The predicted molar refractivity (Wildman–Crippen MR) is 120 cm³/mol. The minimum absolute atomic E-state index is 0.0574. The summed E-state index contributed by atoms with van der Waals surface area (Å²) in [5.74, 6) is 1.04. The number of aromatic nitrogens is 4. The van der Waals surface area contributed by atoms with E-state index in [0.29, 0.717) is 52.4 Å². The molecule has 0 saturated carbocycles. The Labute approximate surface area is 195 Å². The number of methoxy groups -OCH3 is 1. The van der Waals surface area contributed by atoms with Crippen LogP contribution in [-0.2, 0) is 11.3 Å². The van der Waals surface area contributed by atoms with E-state index in [-0.39, 0.29) is 18.1 Å². The molecule has 0 aliphatic rings. The summed E-state index contributed by atoms with van der Waals surface area (Å²) in [5.41, 5.74) is 2.27. The van der Waals surface area contributed by atoms with Crippen LogP contribution >= 0.6 is 0 Å². The molecule has 0 unspecified atom stereocenters. The third-order valence-electron chi connectivity index (χ3n) is 5.10. The highest BCUT2D eigenvalue weighted by Crippen LogP contribution is 2.33. The van der Waals surface area contributed by atoms with Crippen LogP contribution in [-0.4, -0.2) is 39.7 Å². The Bertz CT molecular complexity index is 1310. The quantitative estimate of drug-likeness (QED) is 0.351. The standard InChI is InChI=1S/C24H23FN4O5/c1-5-32-20-11-6-16(12-21(20)31-4)23-26-19(15(3)34-23)13-33-24(30)22-14(2)29(28-27-22)18-9-7-17(25)8-10-18/h6-12H,5,13H2,1-4H3. The smallest absolute Gasteiger partial charge is 0.361 e. The van der Waals surface area contributed by atoms with E-state index in [1.807, 2.05) is 13.0 Å². The number of carbonyl (C=O) groups excluding carboxylic acids is 1. The molecule has 9 nitrogen and oxygen atoms in total. The van der Waals surface area contributed by atoms with Crippen LogP contribution < -0.4 is 9.47 Å². The van der Waals surface area contributed by atoms with Crippen molar-refractivity contribution in [3.8, 4) is 28.6 Å². The van der Waals surface area contributed by atoms with Gasteiger partial charge in [0.2, 0.25) is 5.89 Å². The van der Waals surface area contributed by atoms with E-state index in [0.717, 1.165) is 0 Å². The third kappa shape index (κ3) is 4.61. The lowest BCUT2D eigenvalue weighted by Gasteiger charge is -2.09. The Morgan fingerprint density at radius 1 is 1.12 bits per heavy atom. The molecule has 10 heteroatoms. The van der Waals surface area contributed by atoms with Gasteiger partial charge in [0.1, 0.15) is 23.9 Å². The van der Waals surface area contributed by atoms with Gasteiger partial charge in [0.05, 0.1) is 25.1 Å². The first-order chi connectivity index (χ1) is 16.4. The molecule has 4 rings (SSSR count). The zero-order valence-electron chi connectivity index (χ0n) is 19.2. The maximum Gasteiger partial charge on any atom is 0.361 e. The van der Waals surface area contributed by atoms with Gasteiger partial charge in [0, 0.05) is 5.56 Å². The SMILES string of the molecule is CCOc1ccc(-c2nc(COC(=O)c3nnn(-c4ccc(F)cc4)c3C)c(C)o2)cc1OC. The van der Waals surface area contributed by atoms with Crippen LogP contribution in [0.5, 0.6) is 11.5 Å². The minimum Gasteiger partial charge on any atom is -0.493 e. The first-order valence-corrected chi connectivity index (χ1v) is 10.5. The Kier molecular flexibility index (Phi) is 6.58. The summed E-state index contributed by atoms with van der Waals surface area (Å²) in [6, 6.07) is 11.1. The number of hydrogen-bond donors (Lipinski definition) is 0. The van der Waals surface area contributed by atoms with Gasteiger partial charge in [0.15, 0.2) is 17.2 Å². The lowest BCUT2D eigenvalue weighted by Crippen LogP contribution is -2.09. The Morgan fingerprint density at radius 2 is 1.88 bits per heavy atom. The summed E-state index contributed by atoms with van der Waals surface area (Å²) in [4.78, 5) is 17.1. The largest absolute Gasteiger partial charge is 0.493 e. The molecule has 0 amide bonds. The number of nitrogens with zero attached hydrogens (tertiary/aromatic N) is 4. The minimum atomic E-state index is -0.655. The Balaban J connectivity index is 1.48. The second-order valence-corrected chi connectivity index (χ2v) is 7.31. The highest BCUT2D eigenvalue weighted by molar-refractivity contribution is 5.88. The summed E-state index contributed by atoms with van der Waals surface area (Å²) in [5, 5.41) is 7.90. The van der Waals surface area contributed by atoms with E-state index in [2.05, 4.69) is 15.3 Å². The molecule has 2 heterocycles. The number of ether oxygens (including phenoxy) is 3. The zero-order chi connectivity index (χ0) is 24.2. The monoisotopic (exact) mass is 466 g/mol. The van der Waals surface area contributed by atoms with Gasteiger partial charge < -0.3 is 18.6 Å². The average Bonchev–Trinajstić information content (AvgIpc) is 3.41. The normalized spacial score (nSPS) is 10.9. The Hall–Kier alpha value is -4.21. The highest BCUT2D eigenvalue weighted by Gasteiger charge is 2.21. The van der Waals surface area contributed by atoms with E-state index >= 15 is 0 Å². The van der Waals surface area contributed by atoms with Crippen molar-refractivity contribution in [3.63, 3.8) is 0 Å². The Morgan fingerprint density at radius 3 is 2.59 bits per heavy atom. The molecule has 2 aromatic heterocycles. The molecule has 0 fully saturated rings. The number of halogens is 1. The van der Waals surface area contributed by atoms with Gasteiger partial charge in [-0.25, -0.2) is 18.9 Å². The number of carbonyl (C=O) groups is 1. The maximum atomic E-state index is 13.2. The molecule has 34 heavy (non-hydrogen) atoms. The third-order valence-corrected chi connectivity index (χ3v) is 5.10. The van der Waals surface area contributed by atoms with Crippen LogP contribution in [0.4, 0.5) is 4.39 Å². The van der Waals surface area contributed by atoms with Crippen LogP contribution in [0.25, 0.3) is 17.1 Å². The molecule has 0 atom stereocenters. The van der Waals surface area contributed by atoms with Gasteiger partial charge in [-0.3, -0.25) is 0 Å². The predicted octanol–water partition coefficient (Wildman–Crippen LogP) is 4.44. The summed E-state index contributed by atoms with van der Waals surface area (Å²) in [6.07, 6.45) is 0. The van der Waals surface area contributed by atoms with Crippen molar-refractivity contribution in [2.75, 3.05) is 13.7 Å². The molecular formula is C24H23FN4O5. The van der Waals surface area contributed by atoms with Gasteiger partial charge >= 0.3 is 5.97 Å². The average molecular weight is 466 g/mol. The molecule has 0 spiro atoms. The van der Waals surface area contributed by atoms with Crippen molar-refractivity contribution in [1.29, 1.82) is 0 Å². The maximum absolute atomic E-state index is 13.2. The summed E-state index contributed by atoms with van der Waals surface area (Å²) in [6.45, 7) is 5.72. The fourth-order valence-corrected chi connectivity index (χ4v) is 3.31. The fraction of sp³-hybridized carbons (Fsp3) is 0.250. The highest BCUT2D eigenvalue weighted by atomic mass is 19.1. The number of oxazole rings is 1. The number of esters is 1. The number of hydrogen-bond acceptors (Lipinski definition) is 8. The van der Waals surface area contributed by atoms with Crippen LogP contribution in [0, 0.1) is 19.7 Å². The van der Waals surface area contributed by atoms with Gasteiger partial charge in [-0.15, -0.1) is 5.10 Å². The van der Waals surface area contributed by atoms with E-state index in [4.69, 9.17) is 18.6 Å². The second-order valence-electron chi connectivity index (χ2n) is 7.31. The first-order valence-electron chi connectivity index (χ1n) is 10.5. The van der Waals surface area contributed by atoms with Crippen LogP contribution in [0.3, 0.4) is 0 Å². The van der Waals surface area contributed by atoms with Gasteiger partial charge in [-0.05, 0) is 63.2 Å². The van der Waals surface area contributed by atoms with Crippen LogP contribution in [0.1, 0.15) is 34.6 Å². The number of rotatable bonds is 8. The molecule has 0 aliphatic carbocycles. The lowest BCUT2D eigenvalue weighted by atomic mass is 10.2. The van der Waals surface area contributed by atoms with Crippen LogP contribution in [0.2, 0.25) is 0 Å². The molecule has 2 aromatic carbocycles. The molecule has 0 bridgehead atoms. The lowest BCUT2D eigenvalue weighted by molar-refractivity contribution is 0.0459. The summed E-state index contributed by atoms with van der Waals surface area (Å²) < 4.78 is 36.7. The molecular weight excluding hydrogens is 443 g/mol. The van der Waals surface area contributed by atoms with Crippen molar-refractivity contribution in [3.05, 3.63) is 71.1 Å². The molecule has 0 saturated heterocycles. The fourth-order valence-electron chi connectivity index (χ4n) is 3.31. The van der Waals surface area contributed by atoms with E-state index in [1.54, 1.807) is 45.2 Å². The molecule has 176 valence electrons. The summed E-state index contributed by atoms with van der Waals surface area (Å²) >= 11 is 0. The van der Waals surface area contributed by atoms with E-state index in [9.17, 15) is 9.18 Å². The zero-order valence-corrected chi connectivity index (χ0v) is 19.2. The molecule has 0 aliphatic heterocycles. The molecule has 0 radical (unpaired) electrons. The van der Waals surface area contributed by atoms with Crippen molar-refractivity contribution in [2.24, 2.45) is 0 Å². The van der Waals surface area contributed by atoms with Crippen molar-refractivity contribution >= 4 is 5.97 Å². The van der Waals surface area contributed by atoms with Gasteiger partial charge in [0.25, 0.3) is 0 Å². The first kappa shape index (κ1) is 23.0. The number of aryl methyl sites for hydroxylation is 1. The number of benzene rings is 2. The van der Waals surface area contributed by atoms with E-state index in [1.165, 1.54) is 16.8 Å². The van der Waals surface area contributed by atoms with Crippen molar-refractivity contribution in [2.45, 2.75) is 27.4 Å². The second kappa shape index (κ2) is 9.74. The van der Waals surface area contributed by atoms with Gasteiger partial charge in [-0.1, -0.05) is 5.21 Å². The molecule has 4 aromatic rings. The van der Waals surface area contributed by atoms with Crippen LogP contribution in [0.15, 0.2) is 46.9 Å². The van der Waals surface area contributed by atoms with Crippen molar-refractivity contribution < 1.29 is 27.8 Å². The van der Waals surface area contributed by atoms with E-state index < -0.39 is 5.97 Å². The molecule has 0 N–H and O–H groups in total. The van der Waals surface area contributed by atoms with Gasteiger partial charge in [-0.2, -0.15) is 0 Å².